The number of benzene rings is 2. The summed E-state index contributed by atoms with van der Waals surface area (Å²) < 4.78 is 19.7. The Kier molecular flexibility index (Phi) is 7.37. The highest BCUT2D eigenvalue weighted by Gasteiger charge is 2.26. The Labute approximate surface area is 174 Å². The standard InChI is InChI=1S/C22H25FN2O5/c1-2-18(13-26)30-24-10-15-3-8-20(21(23)9-15)16-4-6-17(7-5-16)25-11-19(14-27)29-22(28)12-25/h3-10,18-19,26-27H,2,11-14H2,1H3/b24-10+. The van der Waals surface area contributed by atoms with E-state index >= 15 is 0 Å². The molecule has 0 spiro atoms. The molecule has 1 fully saturated rings. The third-order valence-electron chi connectivity index (χ3n) is 4.85. The van der Waals surface area contributed by atoms with Crippen LogP contribution in [0, 0.1) is 5.82 Å². The summed E-state index contributed by atoms with van der Waals surface area (Å²) in [6.07, 6.45) is 1.10. The van der Waals surface area contributed by atoms with Gasteiger partial charge in [0.15, 0.2) is 0 Å². The van der Waals surface area contributed by atoms with E-state index in [0.29, 0.717) is 29.7 Å². The van der Waals surface area contributed by atoms with Crippen LogP contribution in [-0.4, -0.2) is 60.9 Å². The molecule has 1 aliphatic heterocycles. The minimum Gasteiger partial charge on any atom is -0.457 e. The number of hydrogen-bond acceptors (Lipinski definition) is 7. The van der Waals surface area contributed by atoms with Gasteiger partial charge < -0.3 is 24.7 Å². The molecule has 0 aromatic heterocycles. The van der Waals surface area contributed by atoms with Crippen LogP contribution in [-0.2, 0) is 14.4 Å². The predicted molar refractivity (Wildman–Crippen MR) is 111 cm³/mol. The van der Waals surface area contributed by atoms with Crippen molar-refractivity contribution in [2.24, 2.45) is 5.16 Å². The van der Waals surface area contributed by atoms with Crippen LogP contribution in [0.2, 0.25) is 0 Å². The molecule has 7 nitrogen and oxygen atoms in total. The van der Waals surface area contributed by atoms with E-state index < -0.39 is 11.9 Å². The van der Waals surface area contributed by atoms with Gasteiger partial charge in [-0.1, -0.05) is 36.3 Å². The number of nitrogens with zero attached hydrogens (tertiary/aromatic N) is 2. The van der Waals surface area contributed by atoms with Gasteiger partial charge in [0.05, 0.1) is 26.0 Å². The maximum atomic E-state index is 14.6. The number of esters is 1. The molecular formula is C22H25FN2O5. The SMILES string of the molecule is CCC(CO)O/N=C/c1ccc(-c2ccc(N3CC(=O)OC(CO)C3)cc2)c(F)c1. The molecule has 160 valence electrons. The highest BCUT2D eigenvalue weighted by Crippen LogP contribution is 2.27. The summed E-state index contributed by atoms with van der Waals surface area (Å²) in [5, 5.41) is 22.1. The van der Waals surface area contributed by atoms with Crippen molar-refractivity contribution in [2.45, 2.75) is 25.6 Å². The number of hydrogen-bond donors (Lipinski definition) is 2. The maximum Gasteiger partial charge on any atom is 0.325 e. The minimum absolute atomic E-state index is 0.107. The zero-order chi connectivity index (χ0) is 21.5. The van der Waals surface area contributed by atoms with Gasteiger partial charge in [-0.25, -0.2) is 4.39 Å². The van der Waals surface area contributed by atoms with Crippen molar-refractivity contribution in [1.82, 2.24) is 0 Å². The van der Waals surface area contributed by atoms with Gasteiger partial charge in [0, 0.05) is 11.3 Å². The van der Waals surface area contributed by atoms with Crippen molar-refractivity contribution >= 4 is 17.9 Å². The molecule has 0 bridgehead atoms. The molecule has 1 saturated heterocycles. The number of aliphatic hydroxyl groups is 2. The number of aliphatic hydroxyl groups excluding tert-OH is 2. The molecular weight excluding hydrogens is 391 g/mol. The van der Waals surface area contributed by atoms with Crippen LogP contribution in [0.15, 0.2) is 47.6 Å². The number of halogens is 1. The van der Waals surface area contributed by atoms with Crippen molar-refractivity contribution in [3.8, 4) is 11.1 Å². The van der Waals surface area contributed by atoms with E-state index in [2.05, 4.69) is 5.16 Å². The van der Waals surface area contributed by atoms with Crippen molar-refractivity contribution in [3.63, 3.8) is 0 Å². The molecule has 0 radical (unpaired) electrons. The second-order valence-electron chi connectivity index (χ2n) is 7.01. The van der Waals surface area contributed by atoms with E-state index in [1.165, 1.54) is 12.3 Å². The number of oxime groups is 1. The Morgan fingerprint density at radius 2 is 2.07 bits per heavy atom. The number of carbonyl (C=O) groups is 1. The fraction of sp³-hybridized carbons (Fsp3) is 0.364. The highest BCUT2D eigenvalue weighted by molar-refractivity contribution is 5.81. The van der Waals surface area contributed by atoms with Gasteiger partial charge in [-0.3, -0.25) is 4.79 Å². The first-order valence-electron chi connectivity index (χ1n) is 9.79. The number of rotatable bonds is 8. The lowest BCUT2D eigenvalue weighted by Crippen LogP contribution is -2.46. The van der Waals surface area contributed by atoms with Gasteiger partial charge in [-0.2, -0.15) is 0 Å². The Balaban J connectivity index is 1.70. The third kappa shape index (κ3) is 5.34. The summed E-state index contributed by atoms with van der Waals surface area (Å²) in [5.74, 6) is -0.788. The number of cyclic esters (lactones) is 1. The Hall–Kier alpha value is -2.97. The van der Waals surface area contributed by atoms with Crippen molar-refractivity contribution in [1.29, 1.82) is 0 Å². The van der Waals surface area contributed by atoms with Crippen molar-refractivity contribution < 1.29 is 29.0 Å². The highest BCUT2D eigenvalue weighted by atomic mass is 19.1. The molecule has 2 unspecified atom stereocenters. The average Bonchev–Trinajstić information content (AvgIpc) is 2.76. The smallest absolute Gasteiger partial charge is 0.325 e. The van der Waals surface area contributed by atoms with Gasteiger partial charge in [0.1, 0.15) is 24.6 Å². The third-order valence-corrected chi connectivity index (χ3v) is 4.85. The molecule has 0 aliphatic carbocycles. The van der Waals surface area contributed by atoms with Crippen LogP contribution >= 0.6 is 0 Å². The molecule has 2 aromatic rings. The summed E-state index contributed by atoms with van der Waals surface area (Å²) in [4.78, 5) is 18.6. The first-order valence-corrected chi connectivity index (χ1v) is 9.79. The second kappa shape index (κ2) is 10.2. The first-order chi connectivity index (χ1) is 14.5. The Morgan fingerprint density at radius 1 is 1.30 bits per heavy atom. The summed E-state index contributed by atoms with van der Waals surface area (Å²) in [5.41, 5.74) is 2.47. The molecule has 2 N–H and O–H groups in total. The van der Waals surface area contributed by atoms with E-state index in [4.69, 9.17) is 14.7 Å². The molecule has 1 aliphatic rings. The maximum absolute atomic E-state index is 14.6. The molecule has 1 heterocycles. The lowest BCUT2D eigenvalue weighted by atomic mass is 10.0. The molecule has 8 heteroatoms. The summed E-state index contributed by atoms with van der Waals surface area (Å²) in [7, 11) is 0. The molecule has 2 aromatic carbocycles. The van der Waals surface area contributed by atoms with Crippen molar-refractivity contribution in [2.75, 3.05) is 31.2 Å². The molecule has 2 atom stereocenters. The number of ether oxygens (including phenoxy) is 1. The van der Waals surface area contributed by atoms with E-state index in [9.17, 15) is 14.3 Å². The predicted octanol–water partition coefficient (Wildman–Crippen LogP) is 2.34. The molecule has 3 rings (SSSR count). The van der Waals surface area contributed by atoms with Crippen LogP contribution < -0.4 is 4.90 Å². The van der Waals surface area contributed by atoms with E-state index in [0.717, 1.165) is 5.69 Å². The number of morpholine rings is 1. The van der Waals surface area contributed by atoms with Gasteiger partial charge >= 0.3 is 5.97 Å². The zero-order valence-corrected chi connectivity index (χ0v) is 16.7. The van der Waals surface area contributed by atoms with E-state index in [1.54, 1.807) is 24.3 Å². The fourth-order valence-electron chi connectivity index (χ4n) is 3.13. The van der Waals surface area contributed by atoms with Gasteiger partial charge in [0.25, 0.3) is 0 Å². The minimum atomic E-state index is -0.549. The topological polar surface area (TPSA) is 91.6 Å². The largest absolute Gasteiger partial charge is 0.457 e. The zero-order valence-electron chi connectivity index (χ0n) is 16.7. The lowest BCUT2D eigenvalue weighted by Gasteiger charge is -2.32. The van der Waals surface area contributed by atoms with Crippen LogP contribution in [0.4, 0.5) is 10.1 Å². The number of carbonyl (C=O) groups excluding carboxylic acids is 1. The van der Waals surface area contributed by atoms with Crippen LogP contribution in [0.1, 0.15) is 18.9 Å². The normalized spacial score (nSPS) is 17.8. The van der Waals surface area contributed by atoms with Gasteiger partial charge in [-0.05, 0) is 35.7 Å². The van der Waals surface area contributed by atoms with Gasteiger partial charge in [-0.15, -0.1) is 0 Å². The lowest BCUT2D eigenvalue weighted by molar-refractivity contribution is -0.151. The van der Waals surface area contributed by atoms with Crippen LogP contribution in [0.3, 0.4) is 0 Å². The summed E-state index contributed by atoms with van der Waals surface area (Å²) >= 11 is 0. The first kappa shape index (κ1) is 21.7. The van der Waals surface area contributed by atoms with Crippen LogP contribution in [0.5, 0.6) is 0 Å². The Bertz CT molecular complexity index is 884. The fourth-order valence-corrected chi connectivity index (χ4v) is 3.13. The second-order valence-corrected chi connectivity index (χ2v) is 7.01. The van der Waals surface area contributed by atoms with Gasteiger partial charge in [0.2, 0.25) is 0 Å². The quantitative estimate of drug-likeness (QED) is 0.390. The van der Waals surface area contributed by atoms with E-state index in [1.807, 2.05) is 24.0 Å². The Morgan fingerprint density at radius 3 is 2.70 bits per heavy atom. The average molecular weight is 416 g/mol. The monoisotopic (exact) mass is 416 g/mol. The van der Waals surface area contributed by atoms with Crippen LogP contribution in [0.25, 0.3) is 11.1 Å². The summed E-state index contributed by atoms with van der Waals surface area (Å²) in [6, 6.07) is 11.9. The van der Waals surface area contributed by atoms with Crippen molar-refractivity contribution in [3.05, 3.63) is 53.8 Å². The number of anilines is 1. The molecule has 0 amide bonds. The molecule has 30 heavy (non-hydrogen) atoms. The summed E-state index contributed by atoms with van der Waals surface area (Å²) in [6.45, 7) is 2.02. The molecule has 0 saturated carbocycles. The van der Waals surface area contributed by atoms with E-state index in [-0.39, 0.29) is 31.8 Å².